The maximum atomic E-state index is 12.1. The van der Waals surface area contributed by atoms with Crippen LogP contribution in [0.4, 0.5) is 0 Å². The van der Waals surface area contributed by atoms with Gasteiger partial charge in [0.1, 0.15) is 5.60 Å². The summed E-state index contributed by atoms with van der Waals surface area (Å²) in [5.41, 5.74) is 3.82. The number of unbranched alkanes of at least 4 members (excludes halogenated alkanes) is 1. The Balaban J connectivity index is 1.37. The van der Waals surface area contributed by atoms with Gasteiger partial charge in [0.15, 0.2) is 0 Å². The molecule has 1 aliphatic heterocycles. The fourth-order valence-corrected chi connectivity index (χ4v) is 6.51. The minimum absolute atomic E-state index is 0.0813. The van der Waals surface area contributed by atoms with Crippen LogP contribution in [0.1, 0.15) is 84.9 Å². The highest BCUT2D eigenvalue weighted by atomic mass is 16.4. The molecular weight excluding hydrogens is 514 g/mol. The number of hydrogen-bond donors (Lipinski definition) is 4. The fraction of sp³-hybridized carbons (Fsp3) is 0.457. The van der Waals surface area contributed by atoms with Crippen LogP contribution in [0, 0.1) is 5.92 Å². The number of carbonyl (C=O) groups is 1. The molecule has 0 aliphatic carbocycles. The van der Waals surface area contributed by atoms with Gasteiger partial charge in [-0.05, 0) is 97.5 Å². The van der Waals surface area contributed by atoms with Gasteiger partial charge in [0.2, 0.25) is 0 Å². The molecule has 0 saturated carbocycles. The van der Waals surface area contributed by atoms with Crippen LogP contribution in [-0.2, 0) is 29.8 Å². The number of aliphatic carboxylic acids is 1. The molecule has 0 amide bonds. The molecule has 0 bridgehead atoms. The summed E-state index contributed by atoms with van der Waals surface area (Å²) >= 11 is 0. The lowest BCUT2D eigenvalue weighted by molar-refractivity contribution is -0.136. The van der Waals surface area contributed by atoms with Crippen LogP contribution >= 0.6 is 0 Å². The van der Waals surface area contributed by atoms with Gasteiger partial charge in [-0.2, -0.15) is 0 Å². The Bertz CT molecular complexity index is 1200. The van der Waals surface area contributed by atoms with Crippen molar-refractivity contribution in [2.75, 3.05) is 19.6 Å². The maximum Gasteiger partial charge on any atom is 0.307 e. The molecule has 3 aromatic rings. The number of hydrogen-bond acceptors (Lipinski definition) is 5. The maximum absolute atomic E-state index is 12.1. The molecule has 0 spiro atoms. The molecule has 220 valence electrons. The first kappa shape index (κ1) is 30.9. The number of likely N-dealkylation sites (tertiary alicyclic amines) is 1. The van der Waals surface area contributed by atoms with Gasteiger partial charge in [0.05, 0.1) is 19.1 Å². The lowest BCUT2D eigenvalue weighted by atomic mass is 9.72. The van der Waals surface area contributed by atoms with E-state index >= 15 is 0 Å². The molecular formula is C35H45NO5. The summed E-state index contributed by atoms with van der Waals surface area (Å²) in [6, 6.07) is 23.6. The highest BCUT2D eigenvalue weighted by Crippen LogP contribution is 2.42. The summed E-state index contributed by atoms with van der Waals surface area (Å²) in [5.74, 6) is -0.790. The molecule has 0 radical (unpaired) electrons. The molecule has 1 fully saturated rings. The molecule has 0 aromatic heterocycles. The molecule has 41 heavy (non-hydrogen) atoms. The van der Waals surface area contributed by atoms with E-state index in [4.69, 9.17) is 0 Å². The van der Waals surface area contributed by atoms with Crippen LogP contribution in [0.15, 0.2) is 72.8 Å². The van der Waals surface area contributed by atoms with E-state index in [1.54, 1.807) is 6.07 Å². The Morgan fingerprint density at radius 1 is 0.927 bits per heavy atom. The number of piperidine rings is 1. The third-order valence-electron chi connectivity index (χ3n) is 8.76. The molecule has 6 heteroatoms. The molecule has 1 saturated heterocycles. The van der Waals surface area contributed by atoms with Crippen LogP contribution in [0.3, 0.4) is 0 Å². The van der Waals surface area contributed by atoms with Crippen molar-refractivity contribution < 1.29 is 25.2 Å². The second-order valence-electron chi connectivity index (χ2n) is 11.4. The van der Waals surface area contributed by atoms with Gasteiger partial charge >= 0.3 is 5.97 Å². The van der Waals surface area contributed by atoms with E-state index in [9.17, 15) is 25.2 Å². The van der Waals surface area contributed by atoms with Crippen LogP contribution in [0.25, 0.3) is 0 Å². The Labute approximate surface area is 244 Å². The SMILES string of the molecule is CCCCc1c(CC(=O)O)ccc(C(O)CCCN2CCC(C(O)(c3ccccc3)c3ccccc3)CC2)c1CO. The third kappa shape index (κ3) is 7.44. The summed E-state index contributed by atoms with van der Waals surface area (Å²) in [6.45, 7) is 4.50. The third-order valence-corrected chi connectivity index (χ3v) is 8.76. The second kappa shape index (κ2) is 14.7. The minimum atomic E-state index is -1.03. The average molecular weight is 560 g/mol. The lowest BCUT2D eigenvalue weighted by Crippen LogP contribution is -2.44. The zero-order valence-electron chi connectivity index (χ0n) is 24.2. The Morgan fingerprint density at radius 3 is 2.07 bits per heavy atom. The molecule has 3 aromatic carbocycles. The first-order valence-electron chi connectivity index (χ1n) is 15.1. The molecule has 4 N–H and O–H groups in total. The van der Waals surface area contributed by atoms with E-state index in [1.807, 2.05) is 66.7 Å². The van der Waals surface area contributed by atoms with E-state index in [1.165, 1.54) is 0 Å². The van der Waals surface area contributed by atoms with Gasteiger partial charge in [-0.3, -0.25) is 4.79 Å². The summed E-state index contributed by atoms with van der Waals surface area (Å²) in [6.07, 6.45) is 4.90. The first-order valence-corrected chi connectivity index (χ1v) is 15.1. The summed E-state index contributed by atoms with van der Waals surface area (Å²) in [4.78, 5) is 13.8. The van der Waals surface area contributed by atoms with E-state index in [0.29, 0.717) is 24.0 Å². The highest BCUT2D eigenvalue weighted by Gasteiger charge is 2.41. The fourth-order valence-electron chi connectivity index (χ4n) is 6.51. The first-order chi connectivity index (χ1) is 19.9. The molecule has 6 nitrogen and oxygen atoms in total. The second-order valence-corrected chi connectivity index (χ2v) is 11.4. The Kier molecular flexibility index (Phi) is 11.1. The normalized spacial score (nSPS) is 15.6. The van der Waals surface area contributed by atoms with Crippen LogP contribution in [0.5, 0.6) is 0 Å². The van der Waals surface area contributed by atoms with Crippen LogP contribution in [0.2, 0.25) is 0 Å². The van der Waals surface area contributed by atoms with E-state index in [2.05, 4.69) is 11.8 Å². The quantitative estimate of drug-likeness (QED) is 0.205. The van der Waals surface area contributed by atoms with Gasteiger partial charge in [0.25, 0.3) is 0 Å². The molecule has 4 rings (SSSR count). The topological polar surface area (TPSA) is 101 Å². The van der Waals surface area contributed by atoms with Crippen LogP contribution in [-0.4, -0.2) is 50.9 Å². The molecule has 1 aliphatic rings. The van der Waals surface area contributed by atoms with E-state index in [-0.39, 0.29) is 18.9 Å². The zero-order valence-corrected chi connectivity index (χ0v) is 24.2. The molecule has 1 atom stereocenters. The molecule has 1 unspecified atom stereocenters. The van der Waals surface area contributed by atoms with Crippen molar-refractivity contribution in [1.29, 1.82) is 0 Å². The van der Waals surface area contributed by atoms with Crippen LogP contribution < -0.4 is 0 Å². The predicted octanol–water partition coefficient (Wildman–Crippen LogP) is 5.61. The van der Waals surface area contributed by atoms with Crippen molar-refractivity contribution in [3.63, 3.8) is 0 Å². The number of benzene rings is 3. The minimum Gasteiger partial charge on any atom is -0.481 e. The van der Waals surface area contributed by atoms with Crippen molar-refractivity contribution in [1.82, 2.24) is 4.90 Å². The monoisotopic (exact) mass is 559 g/mol. The van der Waals surface area contributed by atoms with Gasteiger partial charge in [-0.25, -0.2) is 0 Å². The number of aliphatic hydroxyl groups is 3. The number of nitrogens with zero attached hydrogens (tertiary/aromatic N) is 1. The van der Waals surface area contributed by atoms with Crippen molar-refractivity contribution in [2.24, 2.45) is 5.92 Å². The smallest absolute Gasteiger partial charge is 0.307 e. The number of carboxylic acids is 1. The van der Waals surface area contributed by atoms with Crippen molar-refractivity contribution in [3.8, 4) is 0 Å². The van der Waals surface area contributed by atoms with E-state index in [0.717, 1.165) is 74.0 Å². The number of carboxylic acid groups (broad SMARTS) is 1. The lowest BCUT2D eigenvalue weighted by Gasteiger charge is -2.42. The molecule has 1 heterocycles. The van der Waals surface area contributed by atoms with Crippen molar-refractivity contribution >= 4 is 5.97 Å². The van der Waals surface area contributed by atoms with Gasteiger partial charge in [-0.1, -0.05) is 86.1 Å². The highest BCUT2D eigenvalue weighted by molar-refractivity contribution is 5.71. The predicted molar refractivity (Wildman–Crippen MR) is 162 cm³/mol. The standard InChI is InChI=1S/C35H45NO5/c1-2-3-15-30-26(24-34(39)40)17-18-31(32(30)25-37)33(38)16-10-21-36-22-19-29(20-23-36)35(41,27-11-6-4-7-12-27)28-13-8-5-9-14-28/h4-9,11-14,17-18,29,33,37-38,41H,2-3,10,15-16,19-25H2,1H3,(H,39,40). The summed E-state index contributed by atoms with van der Waals surface area (Å²) in [7, 11) is 0. The van der Waals surface area contributed by atoms with E-state index < -0.39 is 17.7 Å². The number of aliphatic hydroxyl groups excluding tert-OH is 2. The van der Waals surface area contributed by atoms with Crippen molar-refractivity contribution in [2.45, 2.75) is 76.6 Å². The Morgan fingerprint density at radius 2 is 1.54 bits per heavy atom. The summed E-state index contributed by atoms with van der Waals surface area (Å²) < 4.78 is 0. The van der Waals surface area contributed by atoms with Gasteiger partial charge < -0.3 is 25.3 Å². The Hall–Kier alpha value is -3.03. The van der Waals surface area contributed by atoms with Gasteiger partial charge in [0, 0.05) is 0 Å². The summed E-state index contributed by atoms with van der Waals surface area (Å²) in [5, 5.41) is 42.8. The largest absolute Gasteiger partial charge is 0.481 e. The average Bonchev–Trinajstić information content (AvgIpc) is 3.00. The number of rotatable bonds is 14. The van der Waals surface area contributed by atoms with Gasteiger partial charge in [-0.15, -0.1) is 0 Å². The zero-order chi connectivity index (χ0) is 29.2. The van der Waals surface area contributed by atoms with Crippen molar-refractivity contribution in [3.05, 3.63) is 106 Å².